The molecule has 1 saturated heterocycles. The van der Waals surface area contributed by atoms with Crippen molar-refractivity contribution in [2.75, 3.05) is 6.61 Å². The van der Waals surface area contributed by atoms with E-state index in [1.165, 1.54) is 25.3 Å². The van der Waals surface area contributed by atoms with Crippen molar-refractivity contribution in [3.05, 3.63) is 12.7 Å². The predicted molar refractivity (Wildman–Crippen MR) is 71.3 cm³/mol. The third-order valence-corrected chi connectivity index (χ3v) is 3.91. The average molecular weight is 252 g/mol. The molecule has 1 aliphatic heterocycles. The lowest BCUT2D eigenvalue weighted by Gasteiger charge is -2.35. The summed E-state index contributed by atoms with van der Waals surface area (Å²) in [6, 6.07) is 0.671. The van der Waals surface area contributed by atoms with E-state index in [0.717, 1.165) is 0 Å². The minimum absolute atomic E-state index is 0.0724. The molecule has 3 atom stereocenters. The Hall–Kier alpha value is -0.870. The number of ether oxygens (including phenoxy) is 1. The first-order valence-corrected chi connectivity index (χ1v) is 6.92. The van der Waals surface area contributed by atoms with Gasteiger partial charge in [-0.1, -0.05) is 26.8 Å². The Kier molecular flexibility index (Phi) is 4.40. The molecule has 2 N–H and O–H groups in total. The number of amides is 1. The van der Waals surface area contributed by atoms with E-state index in [-0.39, 0.29) is 24.1 Å². The molecule has 0 aromatic rings. The maximum absolute atomic E-state index is 11.6. The fraction of sp³-hybridized carbons (Fsp3) is 0.786. The van der Waals surface area contributed by atoms with E-state index in [0.29, 0.717) is 18.6 Å². The van der Waals surface area contributed by atoms with Gasteiger partial charge in [0.2, 0.25) is 5.91 Å². The van der Waals surface area contributed by atoms with Crippen molar-refractivity contribution in [2.45, 2.75) is 57.3 Å². The van der Waals surface area contributed by atoms with Gasteiger partial charge in [-0.3, -0.25) is 4.79 Å². The molecule has 1 amide bonds. The highest BCUT2D eigenvalue weighted by Crippen LogP contribution is 2.36. The van der Waals surface area contributed by atoms with E-state index in [1.54, 1.807) is 0 Å². The van der Waals surface area contributed by atoms with E-state index in [1.807, 2.05) is 0 Å². The SMILES string of the molecule is C=CC(=O)N[C@H]1C(C2CCC2)OC[C@H]1NC(C)C. The lowest BCUT2D eigenvalue weighted by atomic mass is 9.78. The molecule has 0 radical (unpaired) electrons. The molecule has 0 spiro atoms. The Labute approximate surface area is 109 Å². The normalized spacial score (nSPS) is 32.3. The van der Waals surface area contributed by atoms with Crippen LogP contribution < -0.4 is 10.6 Å². The minimum Gasteiger partial charge on any atom is -0.374 e. The van der Waals surface area contributed by atoms with Gasteiger partial charge in [0.25, 0.3) is 0 Å². The summed E-state index contributed by atoms with van der Waals surface area (Å²) < 4.78 is 5.92. The molecule has 2 rings (SSSR count). The zero-order valence-corrected chi connectivity index (χ0v) is 11.3. The van der Waals surface area contributed by atoms with Crippen molar-refractivity contribution in [2.24, 2.45) is 5.92 Å². The lowest BCUT2D eigenvalue weighted by Crippen LogP contribution is -2.55. The van der Waals surface area contributed by atoms with E-state index >= 15 is 0 Å². The molecular weight excluding hydrogens is 228 g/mol. The Morgan fingerprint density at radius 2 is 2.17 bits per heavy atom. The van der Waals surface area contributed by atoms with Crippen LogP contribution in [0, 0.1) is 5.92 Å². The molecule has 18 heavy (non-hydrogen) atoms. The predicted octanol–water partition coefficient (Wildman–Crippen LogP) is 1.22. The van der Waals surface area contributed by atoms with Crippen LogP contribution in [0.5, 0.6) is 0 Å². The van der Waals surface area contributed by atoms with Gasteiger partial charge in [0, 0.05) is 6.04 Å². The quantitative estimate of drug-likeness (QED) is 0.723. The smallest absolute Gasteiger partial charge is 0.243 e. The first-order valence-electron chi connectivity index (χ1n) is 6.92. The van der Waals surface area contributed by atoms with Crippen molar-refractivity contribution < 1.29 is 9.53 Å². The fourth-order valence-electron chi connectivity index (χ4n) is 2.83. The Morgan fingerprint density at radius 3 is 2.67 bits per heavy atom. The van der Waals surface area contributed by atoms with Gasteiger partial charge in [-0.05, 0) is 24.8 Å². The molecule has 4 heteroatoms. The molecule has 102 valence electrons. The molecular formula is C14H24N2O2. The van der Waals surface area contributed by atoms with Crippen molar-refractivity contribution in [3.8, 4) is 0 Å². The number of nitrogens with one attached hydrogen (secondary N) is 2. The second kappa shape index (κ2) is 5.85. The van der Waals surface area contributed by atoms with Crippen LogP contribution >= 0.6 is 0 Å². The van der Waals surface area contributed by atoms with E-state index < -0.39 is 0 Å². The molecule has 2 aliphatic rings. The first kappa shape index (κ1) is 13.6. The maximum Gasteiger partial charge on any atom is 0.243 e. The molecule has 1 heterocycles. The lowest BCUT2D eigenvalue weighted by molar-refractivity contribution is -0.118. The number of rotatable bonds is 5. The summed E-state index contributed by atoms with van der Waals surface area (Å²) in [5.41, 5.74) is 0. The van der Waals surface area contributed by atoms with E-state index in [9.17, 15) is 4.79 Å². The van der Waals surface area contributed by atoms with Gasteiger partial charge in [-0.2, -0.15) is 0 Å². The first-order chi connectivity index (χ1) is 8.61. The van der Waals surface area contributed by atoms with Crippen LogP contribution in [0.3, 0.4) is 0 Å². The number of carbonyl (C=O) groups is 1. The molecule has 1 saturated carbocycles. The Bertz CT molecular complexity index is 313. The number of carbonyl (C=O) groups excluding carboxylic acids is 1. The standard InChI is InChI=1S/C14H24N2O2/c1-4-12(17)16-13-11(15-9(2)3)8-18-14(13)10-6-5-7-10/h4,9-11,13-15H,1,5-8H2,2-3H3,(H,16,17)/t11-,13-,14?/m1/s1. The highest BCUT2D eigenvalue weighted by molar-refractivity contribution is 5.87. The van der Waals surface area contributed by atoms with E-state index in [2.05, 4.69) is 31.1 Å². The zero-order chi connectivity index (χ0) is 13.1. The summed E-state index contributed by atoms with van der Waals surface area (Å²) in [5, 5.41) is 6.52. The Morgan fingerprint density at radius 1 is 1.44 bits per heavy atom. The van der Waals surface area contributed by atoms with Crippen molar-refractivity contribution in [3.63, 3.8) is 0 Å². The van der Waals surface area contributed by atoms with Crippen LogP contribution in [0.1, 0.15) is 33.1 Å². The van der Waals surface area contributed by atoms with Crippen LogP contribution in [0.2, 0.25) is 0 Å². The molecule has 0 aromatic carbocycles. The minimum atomic E-state index is -0.106. The van der Waals surface area contributed by atoms with Gasteiger partial charge in [0.1, 0.15) is 0 Å². The highest BCUT2D eigenvalue weighted by Gasteiger charge is 2.43. The Balaban J connectivity index is 2.01. The fourth-order valence-corrected chi connectivity index (χ4v) is 2.83. The van der Waals surface area contributed by atoms with Crippen LogP contribution in [0.4, 0.5) is 0 Å². The summed E-state index contributed by atoms with van der Waals surface area (Å²) >= 11 is 0. The maximum atomic E-state index is 11.6. The van der Waals surface area contributed by atoms with Gasteiger partial charge in [-0.15, -0.1) is 0 Å². The summed E-state index contributed by atoms with van der Waals surface area (Å²) in [5.74, 6) is 0.504. The molecule has 4 nitrogen and oxygen atoms in total. The second-order valence-corrected chi connectivity index (χ2v) is 5.66. The molecule has 1 unspecified atom stereocenters. The van der Waals surface area contributed by atoms with Gasteiger partial charge in [0.15, 0.2) is 0 Å². The van der Waals surface area contributed by atoms with E-state index in [4.69, 9.17) is 4.74 Å². The second-order valence-electron chi connectivity index (χ2n) is 5.66. The van der Waals surface area contributed by atoms with Crippen molar-refractivity contribution >= 4 is 5.91 Å². The van der Waals surface area contributed by atoms with Crippen molar-refractivity contribution in [1.29, 1.82) is 0 Å². The third kappa shape index (κ3) is 2.93. The van der Waals surface area contributed by atoms with Gasteiger partial charge >= 0.3 is 0 Å². The largest absolute Gasteiger partial charge is 0.374 e. The summed E-state index contributed by atoms with van der Waals surface area (Å²) in [6.07, 6.45) is 5.23. The van der Waals surface area contributed by atoms with Crippen LogP contribution in [0.15, 0.2) is 12.7 Å². The molecule has 2 fully saturated rings. The van der Waals surface area contributed by atoms with Gasteiger partial charge in [0.05, 0.1) is 24.8 Å². The van der Waals surface area contributed by atoms with Crippen LogP contribution in [-0.4, -0.2) is 36.7 Å². The molecule has 1 aliphatic carbocycles. The average Bonchev–Trinajstić information content (AvgIpc) is 2.59. The molecule has 0 aromatic heterocycles. The zero-order valence-electron chi connectivity index (χ0n) is 11.3. The van der Waals surface area contributed by atoms with Crippen LogP contribution in [0.25, 0.3) is 0 Å². The van der Waals surface area contributed by atoms with Crippen molar-refractivity contribution in [1.82, 2.24) is 10.6 Å². The number of hydrogen-bond donors (Lipinski definition) is 2. The van der Waals surface area contributed by atoms with Gasteiger partial charge < -0.3 is 15.4 Å². The topological polar surface area (TPSA) is 50.4 Å². The highest BCUT2D eigenvalue weighted by atomic mass is 16.5. The van der Waals surface area contributed by atoms with Crippen LogP contribution in [-0.2, 0) is 9.53 Å². The number of hydrogen-bond acceptors (Lipinski definition) is 3. The summed E-state index contributed by atoms with van der Waals surface area (Å²) in [4.78, 5) is 11.6. The van der Waals surface area contributed by atoms with Gasteiger partial charge in [-0.25, -0.2) is 0 Å². The summed E-state index contributed by atoms with van der Waals surface area (Å²) in [7, 11) is 0. The third-order valence-electron chi connectivity index (χ3n) is 3.91. The molecule has 0 bridgehead atoms. The monoisotopic (exact) mass is 252 g/mol. The summed E-state index contributed by atoms with van der Waals surface area (Å²) in [6.45, 7) is 8.43.